The van der Waals surface area contributed by atoms with E-state index in [1.54, 1.807) is 0 Å². The van der Waals surface area contributed by atoms with Gasteiger partial charge >= 0.3 is 0 Å². The molecule has 0 bridgehead atoms. The summed E-state index contributed by atoms with van der Waals surface area (Å²) < 4.78 is 8.16. The van der Waals surface area contributed by atoms with Crippen LogP contribution in [0.4, 0.5) is 0 Å². The Balaban J connectivity index is 1.77. The minimum atomic E-state index is 0.480. The van der Waals surface area contributed by atoms with Crippen molar-refractivity contribution in [3.8, 4) is 5.75 Å². The molecule has 3 nitrogen and oxygen atoms in total. The van der Waals surface area contributed by atoms with Gasteiger partial charge in [-0.05, 0) is 37.1 Å². The topological polar surface area (TPSA) is 27.1 Å². The van der Waals surface area contributed by atoms with Gasteiger partial charge in [0.1, 0.15) is 18.2 Å². The zero-order valence-corrected chi connectivity index (χ0v) is 13.9. The van der Waals surface area contributed by atoms with E-state index in [1.807, 2.05) is 36.4 Å². The van der Waals surface area contributed by atoms with Crippen molar-refractivity contribution in [1.82, 2.24) is 9.55 Å². The van der Waals surface area contributed by atoms with Crippen molar-refractivity contribution in [3.05, 3.63) is 60.4 Å². The number of fused-ring (bicyclic) bond motifs is 1. The summed E-state index contributed by atoms with van der Waals surface area (Å²) in [5.41, 5.74) is 2.20. The number of hydrogen-bond donors (Lipinski definition) is 0. The van der Waals surface area contributed by atoms with E-state index >= 15 is 0 Å². The molecule has 0 aliphatic carbocycles. The molecule has 1 heterocycles. The van der Waals surface area contributed by atoms with Gasteiger partial charge in [-0.1, -0.05) is 36.8 Å². The van der Waals surface area contributed by atoms with Crippen LogP contribution in [0.3, 0.4) is 0 Å². The molecule has 3 aromatic rings. The molecule has 1 aromatic heterocycles. The summed E-state index contributed by atoms with van der Waals surface area (Å²) in [7, 11) is 0. The molecule has 3 rings (SSSR count). The monoisotopic (exact) mass is 328 g/mol. The van der Waals surface area contributed by atoms with E-state index in [4.69, 9.17) is 21.3 Å². The van der Waals surface area contributed by atoms with E-state index in [0.717, 1.165) is 48.8 Å². The van der Waals surface area contributed by atoms with Gasteiger partial charge < -0.3 is 9.30 Å². The van der Waals surface area contributed by atoms with Crippen molar-refractivity contribution in [1.29, 1.82) is 0 Å². The fraction of sp³-hybridized carbons (Fsp3) is 0.316. The molecular formula is C19H21ClN2O. The Kier molecular flexibility index (Phi) is 5.54. The smallest absolute Gasteiger partial charge is 0.147 e. The number of nitrogens with zero attached hydrogens (tertiary/aromatic N) is 2. The average molecular weight is 329 g/mol. The van der Waals surface area contributed by atoms with Crippen LogP contribution in [0.25, 0.3) is 11.0 Å². The van der Waals surface area contributed by atoms with Crippen LogP contribution in [-0.2, 0) is 13.2 Å². The maximum Gasteiger partial charge on any atom is 0.147 e. The number of rotatable bonds is 8. The molecule has 0 saturated heterocycles. The Morgan fingerprint density at radius 3 is 2.52 bits per heavy atom. The second-order valence-electron chi connectivity index (χ2n) is 5.52. The van der Waals surface area contributed by atoms with Crippen molar-refractivity contribution < 1.29 is 4.74 Å². The fourth-order valence-corrected chi connectivity index (χ4v) is 2.88. The molecule has 0 aliphatic rings. The van der Waals surface area contributed by atoms with Gasteiger partial charge in [0, 0.05) is 12.4 Å². The Labute approximate surface area is 141 Å². The number of halogens is 1. The number of aryl methyl sites for hydroxylation is 1. The van der Waals surface area contributed by atoms with E-state index in [1.165, 1.54) is 5.52 Å². The summed E-state index contributed by atoms with van der Waals surface area (Å²) in [6.45, 7) is 1.43. The molecule has 0 spiro atoms. The van der Waals surface area contributed by atoms with E-state index in [-0.39, 0.29) is 0 Å². The van der Waals surface area contributed by atoms with Crippen molar-refractivity contribution in [2.24, 2.45) is 0 Å². The maximum atomic E-state index is 5.89. The van der Waals surface area contributed by atoms with Gasteiger partial charge in [0.05, 0.1) is 11.0 Å². The Morgan fingerprint density at radius 1 is 0.913 bits per heavy atom. The second kappa shape index (κ2) is 8.02. The SMILES string of the molecule is ClCCCCCn1c(COc2ccccc2)nc2ccccc21. The number of benzene rings is 2. The summed E-state index contributed by atoms with van der Waals surface area (Å²) in [5.74, 6) is 2.57. The summed E-state index contributed by atoms with van der Waals surface area (Å²) in [5, 5.41) is 0. The predicted molar refractivity (Wildman–Crippen MR) is 95.1 cm³/mol. The maximum absolute atomic E-state index is 5.89. The lowest BCUT2D eigenvalue weighted by Crippen LogP contribution is -2.07. The largest absolute Gasteiger partial charge is 0.486 e. The molecule has 0 radical (unpaired) electrons. The average Bonchev–Trinajstić information content (AvgIpc) is 2.95. The highest BCUT2D eigenvalue weighted by Gasteiger charge is 2.10. The van der Waals surface area contributed by atoms with Gasteiger partial charge in [-0.25, -0.2) is 4.98 Å². The number of para-hydroxylation sites is 3. The van der Waals surface area contributed by atoms with Crippen LogP contribution in [0.5, 0.6) is 5.75 Å². The second-order valence-corrected chi connectivity index (χ2v) is 5.90. The van der Waals surface area contributed by atoms with Crippen LogP contribution in [-0.4, -0.2) is 15.4 Å². The molecule has 0 unspecified atom stereocenters. The molecule has 0 amide bonds. The van der Waals surface area contributed by atoms with Crippen LogP contribution in [0, 0.1) is 0 Å². The fourth-order valence-electron chi connectivity index (χ4n) is 2.69. The van der Waals surface area contributed by atoms with Crippen molar-refractivity contribution in [2.75, 3.05) is 5.88 Å². The zero-order chi connectivity index (χ0) is 15.9. The third-order valence-corrected chi connectivity index (χ3v) is 4.13. The molecule has 120 valence electrons. The zero-order valence-electron chi connectivity index (χ0n) is 13.1. The third kappa shape index (κ3) is 4.05. The molecule has 23 heavy (non-hydrogen) atoms. The van der Waals surface area contributed by atoms with Gasteiger partial charge in [0.2, 0.25) is 0 Å². The molecule has 0 fully saturated rings. The lowest BCUT2D eigenvalue weighted by molar-refractivity contribution is 0.289. The van der Waals surface area contributed by atoms with Crippen LogP contribution in [0.1, 0.15) is 25.1 Å². The first kappa shape index (κ1) is 15.9. The minimum absolute atomic E-state index is 0.480. The van der Waals surface area contributed by atoms with E-state index in [9.17, 15) is 0 Å². The number of hydrogen-bond acceptors (Lipinski definition) is 2. The van der Waals surface area contributed by atoms with Gasteiger partial charge in [-0.15, -0.1) is 11.6 Å². The molecule has 0 saturated carbocycles. The van der Waals surface area contributed by atoms with Gasteiger partial charge in [0.15, 0.2) is 0 Å². The Hall–Kier alpha value is -2.00. The van der Waals surface area contributed by atoms with Gasteiger partial charge in [-0.3, -0.25) is 0 Å². The van der Waals surface area contributed by atoms with Crippen LogP contribution >= 0.6 is 11.6 Å². The summed E-state index contributed by atoms with van der Waals surface area (Å²) in [6.07, 6.45) is 3.30. The van der Waals surface area contributed by atoms with Crippen molar-refractivity contribution in [3.63, 3.8) is 0 Å². The summed E-state index contributed by atoms with van der Waals surface area (Å²) in [4.78, 5) is 4.74. The summed E-state index contributed by atoms with van der Waals surface area (Å²) in [6, 6.07) is 18.1. The van der Waals surface area contributed by atoms with Crippen LogP contribution in [0.2, 0.25) is 0 Å². The van der Waals surface area contributed by atoms with Crippen LogP contribution in [0.15, 0.2) is 54.6 Å². The first-order valence-corrected chi connectivity index (χ1v) is 8.60. The highest BCUT2D eigenvalue weighted by atomic mass is 35.5. The number of aromatic nitrogens is 2. The predicted octanol–water partition coefficient (Wildman–Crippen LogP) is 5.02. The van der Waals surface area contributed by atoms with E-state index < -0.39 is 0 Å². The van der Waals surface area contributed by atoms with Crippen LogP contribution < -0.4 is 4.74 Å². The Bertz CT molecular complexity index is 739. The number of alkyl halides is 1. The molecule has 0 aliphatic heterocycles. The lowest BCUT2D eigenvalue weighted by atomic mass is 10.2. The van der Waals surface area contributed by atoms with Crippen molar-refractivity contribution in [2.45, 2.75) is 32.4 Å². The number of ether oxygens (including phenoxy) is 1. The molecule has 0 atom stereocenters. The molecule has 4 heteroatoms. The molecule has 2 aromatic carbocycles. The lowest BCUT2D eigenvalue weighted by Gasteiger charge is -2.10. The molecular weight excluding hydrogens is 308 g/mol. The van der Waals surface area contributed by atoms with E-state index in [2.05, 4.69) is 22.8 Å². The summed E-state index contributed by atoms with van der Waals surface area (Å²) >= 11 is 5.77. The minimum Gasteiger partial charge on any atom is -0.486 e. The van der Waals surface area contributed by atoms with Gasteiger partial charge in [-0.2, -0.15) is 0 Å². The quantitative estimate of drug-likeness (QED) is 0.428. The number of imidazole rings is 1. The van der Waals surface area contributed by atoms with Crippen molar-refractivity contribution >= 4 is 22.6 Å². The molecule has 0 N–H and O–H groups in total. The first-order chi connectivity index (χ1) is 11.4. The normalized spacial score (nSPS) is 11.0. The highest BCUT2D eigenvalue weighted by Crippen LogP contribution is 2.19. The van der Waals surface area contributed by atoms with E-state index in [0.29, 0.717) is 6.61 Å². The van der Waals surface area contributed by atoms with Gasteiger partial charge in [0.25, 0.3) is 0 Å². The third-order valence-electron chi connectivity index (χ3n) is 3.86. The number of unbranched alkanes of at least 4 members (excludes halogenated alkanes) is 2. The standard InChI is InChI=1S/C19H21ClN2O/c20-13-7-2-8-14-22-18-12-6-5-11-17(18)21-19(22)15-23-16-9-3-1-4-10-16/h1,3-6,9-12H,2,7-8,13-15H2. The Morgan fingerprint density at radius 2 is 1.70 bits per heavy atom. The first-order valence-electron chi connectivity index (χ1n) is 8.06. The highest BCUT2D eigenvalue weighted by molar-refractivity contribution is 6.17.